The Kier molecular flexibility index (Phi) is 3.26. The molecule has 1 atom stereocenters. The van der Waals surface area contributed by atoms with Crippen LogP contribution in [0.5, 0.6) is 0 Å². The fourth-order valence-corrected chi connectivity index (χ4v) is 2.66. The van der Waals surface area contributed by atoms with Gasteiger partial charge in [-0.15, -0.1) is 0 Å². The van der Waals surface area contributed by atoms with E-state index in [1.54, 1.807) is 0 Å². The summed E-state index contributed by atoms with van der Waals surface area (Å²) in [7, 11) is 0. The van der Waals surface area contributed by atoms with E-state index in [9.17, 15) is 5.11 Å². The van der Waals surface area contributed by atoms with Crippen LogP contribution in [0.15, 0.2) is 48.5 Å². The van der Waals surface area contributed by atoms with Crippen LogP contribution in [0, 0.1) is 0 Å². The van der Waals surface area contributed by atoms with Crippen LogP contribution in [0.3, 0.4) is 0 Å². The Balaban J connectivity index is 1.91. The molecule has 1 unspecified atom stereocenters. The van der Waals surface area contributed by atoms with Gasteiger partial charge in [0.2, 0.25) is 0 Å². The Morgan fingerprint density at radius 1 is 1.05 bits per heavy atom. The molecule has 1 aliphatic carbocycles. The highest BCUT2D eigenvalue weighted by atomic mass is 16.3. The highest BCUT2D eigenvalue weighted by molar-refractivity contribution is 5.50. The molecule has 1 saturated carbocycles. The van der Waals surface area contributed by atoms with E-state index in [4.69, 9.17) is 5.73 Å². The van der Waals surface area contributed by atoms with Gasteiger partial charge in [0.1, 0.15) is 6.10 Å². The molecule has 2 aromatic rings. The molecule has 0 bridgehead atoms. The van der Waals surface area contributed by atoms with Crippen molar-refractivity contribution in [3.8, 4) is 0 Å². The summed E-state index contributed by atoms with van der Waals surface area (Å²) in [5.74, 6) is 0.681. The average Bonchev–Trinajstić information content (AvgIpc) is 2.37. The Morgan fingerprint density at radius 3 is 2.53 bits per heavy atom. The third-order valence-electron chi connectivity index (χ3n) is 4.09. The van der Waals surface area contributed by atoms with Gasteiger partial charge in [0.25, 0.3) is 0 Å². The lowest BCUT2D eigenvalue weighted by Gasteiger charge is -2.26. The lowest BCUT2D eigenvalue weighted by atomic mass is 9.79. The Hall–Kier alpha value is -1.80. The number of aliphatic hydroxyl groups is 1. The van der Waals surface area contributed by atoms with Crippen molar-refractivity contribution in [1.29, 1.82) is 0 Å². The van der Waals surface area contributed by atoms with E-state index in [1.807, 2.05) is 36.4 Å². The van der Waals surface area contributed by atoms with E-state index in [1.165, 1.54) is 24.8 Å². The van der Waals surface area contributed by atoms with Crippen LogP contribution in [0.2, 0.25) is 0 Å². The van der Waals surface area contributed by atoms with Gasteiger partial charge in [0.15, 0.2) is 0 Å². The smallest absolute Gasteiger partial charge is 0.106 e. The van der Waals surface area contributed by atoms with Gasteiger partial charge in [-0.25, -0.2) is 0 Å². The van der Waals surface area contributed by atoms with Gasteiger partial charge in [-0.05, 0) is 36.0 Å². The van der Waals surface area contributed by atoms with Crippen molar-refractivity contribution in [1.82, 2.24) is 0 Å². The summed E-state index contributed by atoms with van der Waals surface area (Å²) in [5.41, 5.74) is 9.64. The third kappa shape index (κ3) is 2.36. The van der Waals surface area contributed by atoms with Gasteiger partial charge in [0.05, 0.1) is 0 Å². The number of nitrogen functional groups attached to an aromatic ring is 1. The number of para-hydroxylation sites is 1. The number of nitrogens with two attached hydrogens (primary N) is 1. The summed E-state index contributed by atoms with van der Waals surface area (Å²) in [6.07, 6.45) is 3.23. The summed E-state index contributed by atoms with van der Waals surface area (Å²) in [5, 5.41) is 10.5. The number of aliphatic hydroxyl groups excluding tert-OH is 1. The molecule has 2 nitrogen and oxygen atoms in total. The van der Waals surface area contributed by atoms with Crippen molar-refractivity contribution in [2.45, 2.75) is 31.3 Å². The first-order valence-electron chi connectivity index (χ1n) is 6.88. The number of benzene rings is 2. The first-order valence-corrected chi connectivity index (χ1v) is 6.88. The first kappa shape index (κ1) is 12.2. The topological polar surface area (TPSA) is 46.2 Å². The molecule has 0 heterocycles. The van der Waals surface area contributed by atoms with Crippen LogP contribution >= 0.6 is 0 Å². The second-order valence-electron chi connectivity index (χ2n) is 5.33. The standard InChI is InChI=1S/C17H19NO/c18-16-10-2-1-9-15(16)17(19)14-8-4-7-13(11-14)12-5-3-6-12/h1-2,4,7-12,17,19H,3,5-6,18H2. The zero-order valence-corrected chi connectivity index (χ0v) is 10.9. The molecule has 1 fully saturated rings. The van der Waals surface area contributed by atoms with Gasteiger partial charge in [-0.3, -0.25) is 0 Å². The third-order valence-corrected chi connectivity index (χ3v) is 4.09. The Bertz CT molecular complexity index is 575. The molecule has 3 rings (SSSR count). The van der Waals surface area contributed by atoms with Gasteiger partial charge in [-0.1, -0.05) is 48.9 Å². The van der Waals surface area contributed by atoms with E-state index < -0.39 is 6.10 Å². The van der Waals surface area contributed by atoms with Crippen molar-refractivity contribution in [3.05, 3.63) is 65.2 Å². The minimum absolute atomic E-state index is 0.638. The molecule has 0 amide bonds. The highest BCUT2D eigenvalue weighted by Gasteiger charge is 2.21. The number of anilines is 1. The molecule has 1 aliphatic rings. The molecule has 0 spiro atoms. The minimum Gasteiger partial charge on any atom is -0.398 e. The molecule has 3 N–H and O–H groups in total. The highest BCUT2D eigenvalue weighted by Crippen LogP contribution is 2.37. The number of hydrogen-bond donors (Lipinski definition) is 2. The van der Waals surface area contributed by atoms with Gasteiger partial charge >= 0.3 is 0 Å². The van der Waals surface area contributed by atoms with Crippen molar-refractivity contribution >= 4 is 5.69 Å². The largest absolute Gasteiger partial charge is 0.398 e. The van der Waals surface area contributed by atoms with Gasteiger partial charge < -0.3 is 10.8 Å². The van der Waals surface area contributed by atoms with Crippen LogP contribution in [0.4, 0.5) is 5.69 Å². The fourth-order valence-electron chi connectivity index (χ4n) is 2.66. The van der Waals surface area contributed by atoms with Crippen molar-refractivity contribution in [2.75, 3.05) is 5.73 Å². The van der Waals surface area contributed by atoms with Crippen molar-refractivity contribution < 1.29 is 5.11 Å². The molecule has 0 saturated heterocycles. The molecule has 19 heavy (non-hydrogen) atoms. The Labute approximate surface area is 113 Å². The van der Waals surface area contributed by atoms with E-state index >= 15 is 0 Å². The minimum atomic E-state index is -0.638. The van der Waals surface area contributed by atoms with E-state index in [-0.39, 0.29) is 0 Å². The zero-order valence-electron chi connectivity index (χ0n) is 10.9. The van der Waals surface area contributed by atoms with Gasteiger partial charge in [0, 0.05) is 11.3 Å². The molecule has 2 aromatic carbocycles. The predicted octanol–water partition coefficient (Wildman–Crippen LogP) is 3.62. The summed E-state index contributed by atoms with van der Waals surface area (Å²) >= 11 is 0. The van der Waals surface area contributed by atoms with Crippen LogP contribution in [0.1, 0.15) is 48.0 Å². The van der Waals surface area contributed by atoms with Crippen LogP contribution in [-0.4, -0.2) is 5.11 Å². The summed E-state index contributed by atoms with van der Waals surface area (Å²) in [4.78, 5) is 0. The van der Waals surface area contributed by atoms with Crippen molar-refractivity contribution in [2.24, 2.45) is 0 Å². The second kappa shape index (κ2) is 5.06. The van der Waals surface area contributed by atoms with E-state index in [2.05, 4.69) is 12.1 Å². The maximum Gasteiger partial charge on any atom is 0.106 e. The quantitative estimate of drug-likeness (QED) is 0.821. The molecular formula is C17H19NO. The summed E-state index contributed by atoms with van der Waals surface area (Å²) in [6.45, 7) is 0. The predicted molar refractivity (Wildman–Crippen MR) is 78.0 cm³/mol. The lowest BCUT2D eigenvalue weighted by Crippen LogP contribution is -2.10. The van der Waals surface area contributed by atoms with E-state index in [0.29, 0.717) is 11.6 Å². The summed E-state index contributed by atoms with van der Waals surface area (Å²) in [6, 6.07) is 15.8. The van der Waals surface area contributed by atoms with Crippen LogP contribution in [0.25, 0.3) is 0 Å². The second-order valence-corrected chi connectivity index (χ2v) is 5.33. The zero-order chi connectivity index (χ0) is 13.2. The fraction of sp³-hybridized carbons (Fsp3) is 0.294. The molecule has 0 aliphatic heterocycles. The molecule has 0 radical (unpaired) electrons. The molecule has 0 aromatic heterocycles. The van der Waals surface area contributed by atoms with E-state index in [0.717, 1.165) is 11.1 Å². The first-order chi connectivity index (χ1) is 9.25. The van der Waals surface area contributed by atoms with Crippen LogP contribution < -0.4 is 5.73 Å². The Morgan fingerprint density at radius 2 is 1.84 bits per heavy atom. The maximum atomic E-state index is 10.5. The maximum absolute atomic E-state index is 10.5. The lowest BCUT2D eigenvalue weighted by molar-refractivity contribution is 0.221. The molecule has 2 heteroatoms. The normalized spacial score (nSPS) is 16.9. The summed E-state index contributed by atoms with van der Waals surface area (Å²) < 4.78 is 0. The number of hydrogen-bond acceptors (Lipinski definition) is 2. The van der Waals surface area contributed by atoms with Crippen molar-refractivity contribution in [3.63, 3.8) is 0 Å². The monoisotopic (exact) mass is 253 g/mol. The molecule has 98 valence electrons. The SMILES string of the molecule is Nc1ccccc1C(O)c1cccc(C2CCC2)c1. The number of rotatable bonds is 3. The average molecular weight is 253 g/mol. The molecular weight excluding hydrogens is 234 g/mol. The van der Waals surface area contributed by atoms with Crippen LogP contribution in [-0.2, 0) is 0 Å². The van der Waals surface area contributed by atoms with Gasteiger partial charge in [-0.2, -0.15) is 0 Å².